The van der Waals surface area contributed by atoms with E-state index >= 15 is 0 Å². The highest BCUT2D eigenvalue weighted by Crippen LogP contribution is 2.37. The van der Waals surface area contributed by atoms with Gasteiger partial charge in [-0.1, -0.05) is 6.92 Å². The van der Waals surface area contributed by atoms with Crippen molar-refractivity contribution in [2.45, 2.75) is 25.5 Å². The summed E-state index contributed by atoms with van der Waals surface area (Å²) in [7, 11) is -2.05. The molecule has 0 unspecified atom stereocenters. The number of ether oxygens (including phenoxy) is 1. The summed E-state index contributed by atoms with van der Waals surface area (Å²) in [6.45, 7) is 2.07. The lowest BCUT2D eigenvalue weighted by molar-refractivity contribution is 0.112. The van der Waals surface area contributed by atoms with Gasteiger partial charge >= 0.3 is 7.60 Å². The first kappa shape index (κ1) is 11.0. The molecule has 0 radical (unpaired) electrons. The van der Waals surface area contributed by atoms with Crippen molar-refractivity contribution < 1.29 is 19.1 Å². The Labute approximate surface area is 78.6 Å². The molecule has 1 aliphatic rings. The maximum absolute atomic E-state index is 10.5. The molecule has 1 fully saturated rings. The number of rotatable bonds is 2. The molecular weight excluding hydrogens is 190 g/mol. The van der Waals surface area contributed by atoms with Gasteiger partial charge in [-0.05, 0) is 18.4 Å². The number of hydrogen-bond donors (Lipinski definition) is 2. The van der Waals surface area contributed by atoms with Crippen LogP contribution >= 0.6 is 7.60 Å². The molecule has 6 heteroatoms. The normalized spacial score (nSPS) is 35.8. The van der Waals surface area contributed by atoms with Gasteiger partial charge in [-0.15, -0.1) is 0 Å². The van der Waals surface area contributed by atoms with Gasteiger partial charge in [0.2, 0.25) is 0 Å². The average molecular weight is 204 g/mol. The Kier molecular flexibility index (Phi) is 3.35. The molecule has 1 aliphatic heterocycles. The van der Waals surface area contributed by atoms with Gasteiger partial charge in [-0.25, -0.2) is 0 Å². The van der Waals surface area contributed by atoms with Gasteiger partial charge in [0, 0.05) is 11.8 Å². The number of hydrogen-bond acceptors (Lipinski definition) is 2. The summed E-state index contributed by atoms with van der Waals surface area (Å²) >= 11 is 0. The predicted molar refractivity (Wildman–Crippen MR) is 52.2 cm³/mol. The van der Waals surface area contributed by atoms with Crippen molar-refractivity contribution in [1.82, 2.24) is 0 Å². The van der Waals surface area contributed by atoms with Crippen LogP contribution < -0.4 is 0 Å². The van der Waals surface area contributed by atoms with Crippen molar-refractivity contribution in [1.29, 1.82) is 0 Å². The van der Waals surface area contributed by atoms with Crippen LogP contribution in [0.1, 0.15) is 13.3 Å². The van der Waals surface area contributed by atoms with Crippen molar-refractivity contribution >= 4 is 15.4 Å². The van der Waals surface area contributed by atoms with Crippen molar-refractivity contribution in [3.05, 3.63) is 11.9 Å². The molecule has 0 amide bonds. The van der Waals surface area contributed by atoms with E-state index in [0.717, 1.165) is 12.2 Å². The highest BCUT2D eigenvalue weighted by atomic mass is 31.2. The van der Waals surface area contributed by atoms with Gasteiger partial charge in [-0.2, -0.15) is 0 Å². The van der Waals surface area contributed by atoms with Gasteiger partial charge < -0.3 is 14.5 Å². The molecule has 0 aromatic rings. The van der Waals surface area contributed by atoms with Crippen molar-refractivity contribution in [2.75, 3.05) is 0 Å². The minimum atomic E-state index is -4.02. The molecule has 74 valence electrons. The van der Waals surface area contributed by atoms with Gasteiger partial charge in [0.1, 0.15) is 7.85 Å². The molecule has 3 atom stereocenters. The van der Waals surface area contributed by atoms with Gasteiger partial charge in [0.05, 0.1) is 6.10 Å². The Morgan fingerprint density at radius 3 is 2.62 bits per heavy atom. The van der Waals surface area contributed by atoms with Crippen LogP contribution in [0.15, 0.2) is 11.9 Å². The quantitative estimate of drug-likeness (QED) is 0.493. The van der Waals surface area contributed by atoms with E-state index in [1.807, 2.05) is 7.85 Å². The summed E-state index contributed by atoms with van der Waals surface area (Å²) in [5.41, 5.74) is 0. The van der Waals surface area contributed by atoms with E-state index in [1.165, 1.54) is 6.08 Å². The van der Waals surface area contributed by atoms with Crippen LogP contribution in [0.25, 0.3) is 0 Å². The summed E-state index contributed by atoms with van der Waals surface area (Å²) in [6, 6.07) is 0.173. The Hall–Kier alpha value is -0.0851. The lowest BCUT2D eigenvalue weighted by Crippen LogP contribution is -2.12. The fraction of sp³-hybridized carbons (Fsp3) is 0.714. The van der Waals surface area contributed by atoms with Crippen LogP contribution in [0.5, 0.6) is 0 Å². The third kappa shape index (κ3) is 3.65. The SMILES string of the molecule is B[C@@H]1O[C@H](/C=C\P(=O)(O)O)C[C@@H]1C. The summed E-state index contributed by atoms with van der Waals surface area (Å²) in [6.07, 6.45) is 2.15. The zero-order valence-corrected chi connectivity index (χ0v) is 8.65. The third-order valence-corrected chi connectivity index (χ3v) is 2.85. The molecule has 0 bridgehead atoms. The molecule has 1 rings (SSSR count). The summed E-state index contributed by atoms with van der Waals surface area (Å²) in [5, 5.41) is 0. The fourth-order valence-corrected chi connectivity index (χ4v) is 1.77. The second-order valence-corrected chi connectivity index (χ2v) is 5.00. The Morgan fingerprint density at radius 1 is 1.62 bits per heavy atom. The zero-order chi connectivity index (χ0) is 10.1. The van der Waals surface area contributed by atoms with E-state index in [0.29, 0.717) is 5.92 Å². The summed E-state index contributed by atoms with van der Waals surface area (Å²) in [4.78, 5) is 17.2. The van der Waals surface area contributed by atoms with Gasteiger partial charge in [0.25, 0.3) is 0 Å². The van der Waals surface area contributed by atoms with E-state index in [-0.39, 0.29) is 12.1 Å². The smallest absolute Gasteiger partial charge is 0.348 e. The molecular formula is C7H14BO4P. The molecule has 13 heavy (non-hydrogen) atoms. The zero-order valence-electron chi connectivity index (χ0n) is 7.75. The van der Waals surface area contributed by atoms with Crippen LogP contribution in [-0.4, -0.2) is 29.7 Å². The standard InChI is InChI=1S/C7H14BO4P/c1-5-4-6(12-7(5)8)2-3-13(9,10)11/h2-3,5-7H,4,8H2,1H3,(H2,9,10,11)/b3-2-/t5-,6+,7+/m0/s1. The van der Waals surface area contributed by atoms with E-state index in [1.54, 1.807) is 0 Å². The van der Waals surface area contributed by atoms with E-state index in [9.17, 15) is 4.57 Å². The van der Waals surface area contributed by atoms with Gasteiger partial charge in [-0.3, -0.25) is 4.57 Å². The lowest BCUT2D eigenvalue weighted by atomic mass is 9.88. The molecule has 0 aromatic carbocycles. The molecule has 0 spiro atoms. The molecule has 0 aromatic heterocycles. The third-order valence-electron chi connectivity index (χ3n) is 2.29. The largest absolute Gasteiger partial charge is 0.380 e. The van der Waals surface area contributed by atoms with Gasteiger partial charge in [0.15, 0.2) is 0 Å². The highest BCUT2D eigenvalue weighted by molar-refractivity contribution is 7.55. The molecule has 2 N–H and O–H groups in total. The molecule has 0 saturated carbocycles. The molecule has 1 heterocycles. The van der Waals surface area contributed by atoms with E-state index < -0.39 is 7.60 Å². The Balaban J connectivity index is 2.49. The van der Waals surface area contributed by atoms with Crippen LogP contribution in [0, 0.1) is 5.92 Å². The summed E-state index contributed by atoms with van der Waals surface area (Å²) < 4.78 is 15.9. The van der Waals surface area contributed by atoms with Crippen LogP contribution in [0.2, 0.25) is 0 Å². The first-order chi connectivity index (χ1) is 5.88. The maximum atomic E-state index is 10.5. The first-order valence-electron chi connectivity index (χ1n) is 4.28. The first-order valence-corrected chi connectivity index (χ1v) is 5.96. The Morgan fingerprint density at radius 2 is 2.23 bits per heavy atom. The van der Waals surface area contributed by atoms with Crippen molar-refractivity contribution in [2.24, 2.45) is 5.92 Å². The molecule has 1 saturated heterocycles. The average Bonchev–Trinajstić information content (AvgIpc) is 2.27. The van der Waals surface area contributed by atoms with E-state index in [2.05, 4.69) is 6.92 Å². The monoisotopic (exact) mass is 204 g/mol. The van der Waals surface area contributed by atoms with Crippen LogP contribution in [0.3, 0.4) is 0 Å². The maximum Gasteiger partial charge on any atom is 0.348 e. The molecule has 0 aliphatic carbocycles. The summed E-state index contributed by atoms with van der Waals surface area (Å²) in [5.74, 6) is 1.37. The van der Waals surface area contributed by atoms with Crippen LogP contribution in [-0.2, 0) is 9.30 Å². The van der Waals surface area contributed by atoms with Crippen molar-refractivity contribution in [3.8, 4) is 0 Å². The second kappa shape index (κ2) is 3.97. The minimum absolute atomic E-state index is 0.141. The predicted octanol–water partition coefficient (Wildman–Crippen LogP) is 0.0620. The fourth-order valence-electron chi connectivity index (χ4n) is 1.36. The van der Waals surface area contributed by atoms with Crippen LogP contribution in [0.4, 0.5) is 0 Å². The lowest BCUT2D eigenvalue weighted by Gasteiger charge is -2.06. The minimum Gasteiger partial charge on any atom is -0.380 e. The molecule has 4 nitrogen and oxygen atoms in total. The second-order valence-electron chi connectivity index (χ2n) is 3.52. The van der Waals surface area contributed by atoms with E-state index in [4.69, 9.17) is 14.5 Å². The Bertz CT molecular complexity index is 239. The highest BCUT2D eigenvalue weighted by Gasteiger charge is 2.27. The topological polar surface area (TPSA) is 66.8 Å². The van der Waals surface area contributed by atoms with Crippen molar-refractivity contribution in [3.63, 3.8) is 0 Å².